The number of halogens is 1. The minimum atomic E-state index is -0.558. The van der Waals surface area contributed by atoms with Crippen molar-refractivity contribution < 1.29 is 14.6 Å². The van der Waals surface area contributed by atoms with Gasteiger partial charge in [0.2, 0.25) is 5.91 Å². The van der Waals surface area contributed by atoms with Crippen LogP contribution in [0.15, 0.2) is 48.5 Å². The molecule has 1 saturated heterocycles. The number of rotatable bonds is 7. The van der Waals surface area contributed by atoms with Gasteiger partial charge in [-0.05, 0) is 48.5 Å². The fourth-order valence-corrected chi connectivity index (χ4v) is 3.35. The van der Waals surface area contributed by atoms with Crippen LogP contribution in [0.25, 0.3) is 0 Å². The molecule has 0 spiro atoms. The molecule has 1 aliphatic rings. The number of carbonyl (C=O) groups excluding carboxylic acids is 1. The fraction of sp³-hybridized carbons (Fsp3) is 0.381. The third kappa shape index (κ3) is 7.44. The number of ether oxygens (including phenoxy) is 1. The van der Waals surface area contributed by atoms with Crippen molar-refractivity contribution in [3.8, 4) is 5.75 Å². The lowest BCUT2D eigenvalue weighted by molar-refractivity contribution is -0.114. The van der Waals surface area contributed by atoms with Crippen LogP contribution in [-0.4, -0.2) is 61.3 Å². The summed E-state index contributed by atoms with van der Waals surface area (Å²) in [5, 5.41) is 13.8. The number of hydrogen-bond acceptors (Lipinski definition) is 5. The van der Waals surface area contributed by atoms with Crippen molar-refractivity contribution >= 4 is 42.4 Å². The topological polar surface area (TPSA) is 65.0 Å². The van der Waals surface area contributed by atoms with E-state index < -0.39 is 6.10 Å². The van der Waals surface area contributed by atoms with Crippen LogP contribution in [0.5, 0.6) is 5.75 Å². The average Bonchev–Trinajstić information content (AvgIpc) is 2.68. The van der Waals surface area contributed by atoms with Crippen molar-refractivity contribution in [1.29, 1.82) is 0 Å². The van der Waals surface area contributed by atoms with Crippen molar-refractivity contribution in [3.05, 3.63) is 53.6 Å². The van der Waals surface area contributed by atoms with Crippen molar-refractivity contribution in [2.24, 2.45) is 0 Å². The Balaban J connectivity index is 0.00000300. The minimum absolute atomic E-state index is 0. The van der Waals surface area contributed by atoms with E-state index in [1.165, 1.54) is 12.6 Å². The lowest BCUT2D eigenvalue weighted by atomic mass is 10.2. The van der Waals surface area contributed by atoms with Gasteiger partial charge in [-0.25, -0.2) is 0 Å². The molecule has 0 bridgehead atoms. The summed E-state index contributed by atoms with van der Waals surface area (Å²) >= 11 is 5.95. The van der Waals surface area contributed by atoms with Crippen LogP contribution in [0.2, 0.25) is 5.02 Å². The molecule has 1 amide bonds. The lowest BCUT2D eigenvalue weighted by Crippen LogP contribution is -2.49. The van der Waals surface area contributed by atoms with Gasteiger partial charge in [-0.3, -0.25) is 9.69 Å². The van der Waals surface area contributed by atoms with E-state index in [2.05, 4.69) is 15.1 Å². The van der Waals surface area contributed by atoms with E-state index in [0.717, 1.165) is 36.9 Å². The predicted octanol–water partition coefficient (Wildman–Crippen LogP) is 2.97. The molecule has 0 aromatic heterocycles. The maximum atomic E-state index is 11.0. The second-order valence-electron chi connectivity index (χ2n) is 6.93. The van der Waals surface area contributed by atoms with Crippen molar-refractivity contribution in [2.75, 3.05) is 49.5 Å². The highest BCUT2D eigenvalue weighted by Crippen LogP contribution is 2.20. The number of anilines is 2. The van der Waals surface area contributed by atoms with Crippen LogP contribution in [-0.2, 0) is 4.79 Å². The molecule has 3 rings (SSSR count). The molecule has 2 N–H and O–H groups in total. The molecular weight excluding hydrogens is 410 g/mol. The summed E-state index contributed by atoms with van der Waals surface area (Å²) in [5.41, 5.74) is 1.90. The van der Waals surface area contributed by atoms with Crippen molar-refractivity contribution in [2.45, 2.75) is 13.0 Å². The quantitative estimate of drug-likeness (QED) is 0.697. The molecule has 0 radical (unpaired) electrons. The summed E-state index contributed by atoms with van der Waals surface area (Å²) in [4.78, 5) is 15.6. The molecule has 6 nitrogen and oxygen atoms in total. The molecule has 2 aromatic rings. The Morgan fingerprint density at radius 3 is 2.31 bits per heavy atom. The maximum Gasteiger partial charge on any atom is 0.221 e. The molecule has 0 aliphatic carbocycles. The highest BCUT2D eigenvalue weighted by atomic mass is 35.5. The zero-order valence-electron chi connectivity index (χ0n) is 16.5. The minimum Gasteiger partial charge on any atom is -0.491 e. The Morgan fingerprint density at radius 2 is 1.72 bits per heavy atom. The first-order valence-electron chi connectivity index (χ1n) is 9.41. The number of β-amino-alcohol motifs (C(OH)–C–C–N with tert-alkyl or cyclic N) is 1. The number of carbonyl (C=O) groups is 1. The standard InChI is InChI=1S/C21H26ClN3O3.H2S/c1-16(26)23-18-4-8-21(9-5-18)28-15-20(27)14-24-10-12-25(13-11-24)19-6-2-17(22)3-7-19;/h2-9,20,27H,10-15H2,1H3,(H,23,26);1H2/t20-;/m0./s1. The zero-order valence-corrected chi connectivity index (χ0v) is 18.2. The fourth-order valence-electron chi connectivity index (χ4n) is 3.22. The van der Waals surface area contributed by atoms with Crippen LogP contribution in [0, 0.1) is 0 Å². The summed E-state index contributed by atoms with van der Waals surface area (Å²) in [6.07, 6.45) is -0.558. The lowest BCUT2D eigenvalue weighted by Gasteiger charge is -2.36. The summed E-state index contributed by atoms with van der Waals surface area (Å²) in [7, 11) is 0. The van der Waals surface area contributed by atoms with Gasteiger partial charge in [0, 0.05) is 56.0 Å². The number of benzene rings is 2. The first-order valence-corrected chi connectivity index (χ1v) is 9.79. The van der Waals surface area contributed by atoms with Gasteiger partial charge in [-0.15, -0.1) is 0 Å². The van der Waals surface area contributed by atoms with E-state index in [1.54, 1.807) is 24.3 Å². The molecule has 1 atom stereocenters. The monoisotopic (exact) mass is 437 g/mol. The molecule has 158 valence electrons. The highest BCUT2D eigenvalue weighted by molar-refractivity contribution is 7.59. The third-order valence-corrected chi connectivity index (χ3v) is 4.90. The molecule has 2 aromatic carbocycles. The van der Waals surface area contributed by atoms with Gasteiger partial charge < -0.3 is 20.1 Å². The molecule has 1 fully saturated rings. The van der Waals surface area contributed by atoms with E-state index in [1.807, 2.05) is 24.3 Å². The van der Waals surface area contributed by atoms with Gasteiger partial charge in [-0.1, -0.05) is 11.6 Å². The first kappa shape index (κ1) is 23.3. The highest BCUT2D eigenvalue weighted by Gasteiger charge is 2.19. The summed E-state index contributed by atoms with van der Waals surface area (Å²) in [6, 6.07) is 15.0. The number of amides is 1. The molecule has 29 heavy (non-hydrogen) atoms. The van der Waals surface area contributed by atoms with Gasteiger partial charge >= 0.3 is 0 Å². The second-order valence-corrected chi connectivity index (χ2v) is 7.37. The molecular formula is C21H28ClN3O3S. The van der Waals surface area contributed by atoms with E-state index in [4.69, 9.17) is 16.3 Å². The van der Waals surface area contributed by atoms with Gasteiger partial charge in [0.15, 0.2) is 0 Å². The van der Waals surface area contributed by atoms with Crippen LogP contribution in [0.1, 0.15) is 6.92 Å². The zero-order chi connectivity index (χ0) is 19.9. The van der Waals surface area contributed by atoms with E-state index >= 15 is 0 Å². The van der Waals surface area contributed by atoms with Gasteiger partial charge in [0.1, 0.15) is 18.5 Å². The Kier molecular flexibility index (Phi) is 9.10. The number of piperazine rings is 1. The normalized spacial score (nSPS) is 15.3. The largest absolute Gasteiger partial charge is 0.491 e. The summed E-state index contributed by atoms with van der Waals surface area (Å²) in [5.74, 6) is 0.556. The van der Waals surface area contributed by atoms with E-state index in [0.29, 0.717) is 12.3 Å². The Hall–Kier alpha value is -1.93. The number of nitrogens with zero attached hydrogens (tertiary/aromatic N) is 2. The number of hydrogen-bond donors (Lipinski definition) is 2. The Labute approximate surface area is 183 Å². The second kappa shape index (κ2) is 11.3. The first-order chi connectivity index (χ1) is 13.5. The molecule has 0 unspecified atom stereocenters. The van der Waals surface area contributed by atoms with Crippen molar-refractivity contribution in [3.63, 3.8) is 0 Å². The molecule has 0 saturated carbocycles. The van der Waals surface area contributed by atoms with Crippen LogP contribution in [0.3, 0.4) is 0 Å². The summed E-state index contributed by atoms with van der Waals surface area (Å²) in [6.45, 7) is 5.90. The van der Waals surface area contributed by atoms with E-state index in [9.17, 15) is 9.90 Å². The Bertz CT molecular complexity index is 766. The number of aliphatic hydroxyl groups excluding tert-OH is 1. The average molecular weight is 438 g/mol. The van der Waals surface area contributed by atoms with Crippen molar-refractivity contribution in [1.82, 2.24) is 4.90 Å². The summed E-state index contributed by atoms with van der Waals surface area (Å²) < 4.78 is 5.66. The SMILES string of the molecule is CC(=O)Nc1ccc(OC[C@@H](O)CN2CCN(c3ccc(Cl)cc3)CC2)cc1.S. The predicted molar refractivity (Wildman–Crippen MR) is 123 cm³/mol. The van der Waals surface area contributed by atoms with Crippen LogP contribution < -0.4 is 15.0 Å². The maximum absolute atomic E-state index is 11.0. The van der Waals surface area contributed by atoms with Gasteiger partial charge in [-0.2, -0.15) is 13.5 Å². The van der Waals surface area contributed by atoms with Crippen LogP contribution >= 0.6 is 25.1 Å². The molecule has 8 heteroatoms. The van der Waals surface area contributed by atoms with Gasteiger partial charge in [0.25, 0.3) is 0 Å². The molecule has 1 aliphatic heterocycles. The number of nitrogens with one attached hydrogen (secondary N) is 1. The van der Waals surface area contributed by atoms with E-state index in [-0.39, 0.29) is 26.0 Å². The van der Waals surface area contributed by atoms with Crippen LogP contribution in [0.4, 0.5) is 11.4 Å². The third-order valence-electron chi connectivity index (χ3n) is 4.65. The molecule has 1 heterocycles. The smallest absolute Gasteiger partial charge is 0.221 e. The Morgan fingerprint density at radius 1 is 1.10 bits per heavy atom. The van der Waals surface area contributed by atoms with Gasteiger partial charge in [0.05, 0.1) is 0 Å². The number of aliphatic hydroxyl groups is 1.